The first-order chi connectivity index (χ1) is 13.3. The lowest BCUT2D eigenvalue weighted by Gasteiger charge is -2.10. The number of amides is 1. The minimum Gasteiger partial charge on any atom is -0.355 e. The van der Waals surface area contributed by atoms with Gasteiger partial charge >= 0.3 is 0 Å². The van der Waals surface area contributed by atoms with E-state index in [0.29, 0.717) is 26.9 Å². The number of hydrogen-bond donors (Lipinski definition) is 2. The van der Waals surface area contributed by atoms with E-state index >= 15 is 0 Å². The van der Waals surface area contributed by atoms with Crippen molar-refractivity contribution in [2.75, 3.05) is 11.8 Å². The highest BCUT2D eigenvalue weighted by Crippen LogP contribution is 2.29. The van der Waals surface area contributed by atoms with E-state index in [9.17, 15) is 13.2 Å². The van der Waals surface area contributed by atoms with Crippen LogP contribution in [0.2, 0.25) is 10.0 Å². The number of anilines is 1. The summed E-state index contributed by atoms with van der Waals surface area (Å²) in [6, 6.07) is 13.9. The van der Waals surface area contributed by atoms with E-state index in [1.54, 1.807) is 36.4 Å². The summed E-state index contributed by atoms with van der Waals surface area (Å²) < 4.78 is 27.7. The summed E-state index contributed by atoms with van der Waals surface area (Å²) in [5, 5.41) is 3.27. The molecule has 0 aliphatic carbocycles. The molecule has 144 valence electrons. The summed E-state index contributed by atoms with van der Waals surface area (Å²) in [5.74, 6) is -0.308. The van der Waals surface area contributed by atoms with Gasteiger partial charge in [0.15, 0.2) is 0 Å². The average Bonchev–Trinajstić information content (AvgIpc) is 2.67. The fourth-order valence-electron chi connectivity index (χ4n) is 2.50. The average molecular weight is 436 g/mol. The Kier molecular flexibility index (Phi) is 5.88. The molecule has 1 amide bonds. The van der Waals surface area contributed by atoms with Crippen LogP contribution in [0.1, 0.15) is 10.4 Å². The fraction of sp³-hybridized carbons (Fsp3) is 0.0526. The molecule has 6 nitrogen and oxygen atoms in total. The molecule has 3 rings (SSSR count). The first kappa shape index (κ1) is 20.1. The summed E-state index contributed by atoms with van der Waals surface area (Å²) in [5.41, 5.74) is 1.79. The predicted octanol–water partition coefficient (Wildman–Crippen LogP) is 4.22. The molecule has 2 N–H and O–H groups in total. The number of aromatic nitrogens is 1. The smallest absolute Gasteiger partial charge is 0.261 e. The van der Waals surface area contributed by atoms with Crippen molar-refractivity contribution in [2.45, 2.75) is 4.90 Å². The van der Waals surface area contributed by atoms with Crippen LogP contribution >= 0.6 is 23.2 Å². The maximum atomic E-state index is 12.6. The molecule has 1 aromatic heterocycles. The summed E-state index contributed by atoms with van der Waals surface area (Å²) >= 11 is 12.0. The molecule has 0 aliphatic heterocycles. The highest BCUT2D eigenvalue weighted by molar-refractivity contribution is 7.92. The van der Waals surface area contributed by atoms with Gasteiger partial charge in [-0.1, -0.05) is 41.4 Å². The van der Waals surface area contributed by atoms with Gasteiger partial charge in [-0.15, -0.1) is 0 Å². The minimum absolute atomic E-state index is 0.0617. The molecule has 1 heterocycles. The number of carbonyl (C=O) groups excluding carboxylic acids is 1. The van der Waals surface area contributed by atoms with E-state index in [-0.39, 0.29) is 16.5 Å². The number of benzene rings is 2. The number of pyridine rings is 1. The second-order valence-electron chi connectivity index (χ2n) is 5.77. The molecule has 0 radical (unpaired) electrons. The number of sulfonamides is 1. The van der Waals surface area contributed by atoms with Crippen LogP contribution < -0.4 is 10.0 Å². The van der Waals surface area contributed by atoms with Crippen LogP contribution in [0.3, 0.4) is 0 Å². The molecular formula is C19H15Cl2N3O3S. The van der Waals surface area contributed by atoms with Crippen molar-refractivity contribution in [2.24, 2.45) is 0 Å². The second-order valence-corrected chi connectivity index (χ2v) is 8.30. The number of rotatable bonds is 5. The van der Waals surface area contributed by atoms with E-state index in [2.05, 4.69) is 15.0 Å². The Bertz CT molecular complexity index is 1130. The standard InChI is InChI=1S/C19H15Cl2N3O3S/c1-22-19(25)13-3-2-4-15(9-13)24-28(26,27)16-7-5-12(6-8-16)18-17(21)10-14(20)11-23-18/h2-11,24H,1H3,(H,22,25). The Morgan fingerprint density at radius 1 is 1.04 bits per heavy atom. The molecule has 9 heteroatoms. The lowest BCUT2D eigenvalue weighted by molar-refractivity contribution is 0.0963. The predicted molar refractivity (Wildman–Crippen MR) is 110 cm³/mol. The third kappa shape index (κ3) is 4.44. The van der Waals surface area contributed by atoms with E-state index < -0.39 is 10.0 Å². The third-order valence-corrected chi connectivity index (χ3v) is 5.74. The van der Waals surface area contributed by atoms with Crippen molar-refractivity contribution < 1.29 is 13.2 Å². The number of nitrogens with zero attached hydrogens (tertiary/aromatic N) is 1. The number of hydrogen-bond acceptors (Lipinski definition) is 4. The maximum Gasteiger partial charge on any atom is 0.261 e. The zero-order valence-electron chi connectivity index (χ0n) is 14.6. The monoisotopic (exact) mass is 435 g/mol. The molecule has 0 aliphatic rings. The first-order valence-electron chi connectivity index (χ1n) is 8.06. The van der Waals surface area contributed by atoms with Crippen molar-refractivity contribution in [1.82, 2.24) is 10.3 Å². The topological polar surface area (TPSA) is 88.2 Å². The Morgan fingerprint density at radius 2 is 1.75 bits per heavy atom. The first-order valence-corrected chi connectivity index (χ1v) is 10.3. The zero-order chi connectivity index (χ0) is 20.3. The van der Waals surface area contributed by atoms with Crippen molar-refractivity contribution in [3.05, 3.63) is 76.4 Å². The Labute approximate surface area is 172 Å². The highest BCUT2D eigenvalue weighted by atomic mass is 35.5. The molecular weight excluding hydrogens is 421 g/mol. The second kappa shape index (κ2) is 8.18. The van der Waals surface area contributed by atoms with E-state index in [4.69, 9.17) is 23.2 Å². The Hall–Kier alpha value is -2.61. The van der Waals surface area contributed by atoms with Crippen LogP contribution in [-0.2, 0) is 10.0 Å². The van der Waals surface area contributed by atoms with E-state index in [1.165, 1.54) is 31.4 Å². The van der Waals surface area contributed by atoms with Gasteiger partial charge in [0, 0.05) is 30.1 Å². The van der Waals surface area contributed by atoms with E-state index in [0.717, 1.165) is 0 Å². The highest BCUT2D eigenvalue weighted by Gasteiger charge is 2.16. The summed E-state index contributed by atoms with van der Waals surface area (Å²) in [4.78, 5) is 15.9. The van der Waals surface area contributed by atoms with Crippen LogP contribution in [0.4, 0.5) is 5.69 Å². The molecule has 28 heavy (non-hydrogen) atoms. The molecule has 0 spiro atoms. The van der Waals surface area contributed by atoms with Crippen LogP contribution in [0.25, 0.3) is 11.3 Å². The number of carbonyl (C=O) groups is 1. The Morgan fingerprint density at radius 3 is 2.39 bits per heavy atom. The van der Waals surface area contributed by atoms with Crippen LogP contribution in [0.15, 0.2) is 65.7 Å². The van der Waals surface area contributed by atoms with Gasteiger partial charge < -0.3 is 5.32 Å². The van der Waals surface area contributed by atoms with Gasteiger partial charge in [0.1, 0.15) is 0 Å². The van der Waals surface area contributed by atoms with Crippen molar-refractivity contribution >= 4 is 44.8 Å². The van der Waals surface area contributed by atoms with Gasteiger partial charge in [0.05, 0.1) is 20.6 Å². The van der Waals surface area contributed by atoms with Gasteiger partial charge in [-0.05, 0) is 36.4 Å². The van der Waals surface area contributed by atoms with Gasteiger partial charge in [-0.3, -0.25) is 14.5 Å². The largest absolute Gasteiger partial charge is 0.355 e. The third-order valence-electron chi connectivity index (χ3n) is 3.85. The molecule has 0 bridgehead atoms. The minimum atomic E-state index is -3.83. The molecule has 3 aromatic rings. The number of halogens is 2. The summed E-state index contributed by atoms with van der Waals surface area (Å²) in [6.07, 6.45) is 1.47. The van der Waals surface area contributed by atoms with Crippen LogP contribution in [0, 0.1) is 0 Å². The summed E-state index contributed by atoms with van der Waals surface area (Å²) in [6.45, 7) is 0. The van der Waals surface area contributed by atoms with Crippen molar-refractivity contribution in [1.29, 1.82) is 0 Å². The molecule has 2 aromatic carbocycles. The molecule has 0 atom stereocenters. The zero-order valence-corrected chi connectivity index (χ0v) is 16.9. The maximum absolute atomic E-state index is 12.6. The van der Waals surface area contributed by atoms with Gasteiger partial charge in [0.2, 0.25) is 0 Å². The lowest BCUT2D eigenvalue weighted by atomic mass is 10.1. The Balaban J connectivity index is 1.86. The van der Waals surface area contributed by atoms with Crippen LogP contribution in [-0.4, -0.2) is 26.4 Å². The summed E-state index contributed by atoms with van der Waals surface area (Å²) in [7, 11) is -2.33. The lowest BCUT2D eigenvalue weighted by Crippen LogP contribution is -2.18. The SMILES string of the molecule is CNC(=O)c1cccc(NS(=O)(=O)c2ccc(-c3ncc(Cl)cc3Cl)cc2)c1. The van der Waals surface area contributed by atoms with Gasteiger partial charge in [-0.25, -0.2) is 8.42 Å². The van der Waals surface area contributed by atoms with Crippen LogP contribution in [0.5, 0.6) is 0 Å². The van der Waals surface area contributed by atoms with Gasteiger partial charge in [0.25, 0.3) is 15.9 Å². The van der Waals surface area contributed by atoms with Crippen molar-refractivity contribution in [3.8, 4) is 11.3 Å². The van der Waals surface area contributed by atoms with E-state index in [1.807, 2.05) is 0 Å². The fourth-order valence-corrected chi connectivity index (χ4v) is 4.04. The van der Waals surface area contributed by atoms with Gasteiger partial charge in [-0.2, -0.15) is 0 Å². The quantitative estimate of drug-likeness (QED) is 0.627. The molecule has 0 unspecified atom stereocenters. The normalized spacial score (nSPS) is 11.1. The molecule has 0 fully saturated rings. The van der Waals surface area contributed by atoms with Crippen molar-refractivity contribution in [3.63, 3.8) is 0 Å². The molecule has 0 saturated heterocycles. The number of nitrogens with one attached hydrogen (secondary N) is 2. The molecule has 0 saturated carbocycles.